The Labute approximate surface area is 136 Å². The molecule has 1 aliphatic rings. The van der Waals surface area contributed by atoms with Crippen LogP contribution < -0.4 is 5.32 Å². The summed E-state index contributed by atoms with van der Waals surface area (Å²) < 4.78 is 36.2. The van der Waals surface area contributed by atoms with E-state index in [1.165, 1.54) is 0 Å². The lowest BCUT2D eigenvalue weighted by Crippen LogP contribution is -2.46. The first-order chi connectivity index (χ1) is 10.9. The smallest absolute Gasteiger partial charge is 0.323 e. The average Bonchev–Trinajstić information content (AvgIpc) is 2.48. The van der Waals surface area contributed by atoms with Crippen LogP contribution in [0.25, 0.3) is 0 Å². The molecule has 0 saturated heterocycles. The quantitative estimate of drug-likeness (QED) is 0.657. The standard InChI is InChI=1S/C16H27F2NO4/c1-3-22-14(20)7-5-6-13(15(21)23-4-2)19-12-8-10-16(17,18)11-9-12/h12-13,19H,3-11H2,1-2H3/t13-/m0/s1. The second-order valence-corrected chi connectivity index (χ2v) is 5.80. The number of esters is 2. The molecule has 0 heterocycles. The molecule has 1 fully saturated rings. The summed E-state index contributed by atoms with van der Waals surface area (Å²) in [6, 6.07) is -0.687. The summed E-state index contributed by atoms with van der Waals surface area (Å²) in [6.45, 7) is 4.04. The minimum absolute atomic E-state index is 0.119. The summed E-state index contributed by atoms with van der Waals surface area (Å²) in [5.74, 6) is -3.29. The summed E-state index contributed by atoms with van der Waals surface area (Å²) in [7, 11) is 0. The minimum Gasteiger partial charge on any atom is -0.466 e. The van der Waals surface area contributed by atoms with Crippen molar-refractivity contribution in [2.75, 3.05) is 13.2 Å². The van der Waals surface area contributed by atoms with Crippen molar-refractivity contribution in [3.8, 4) is 0 Å². The summed E-state index contributed by atoms with van der Waals surface area (Å²) in [5.41, 5.74) is 0. The fourth-order valence-corrected chi connectivity index (χ4v) is 2.69. The highest BCUT2D eigenvalue weighted by atomic mass is 19.3. The normalized spacial score (nSPS) is 19.1. The Kier molecular flexibility index (Phi) is 8.44. The fraction of sp³-hybridized carbons (Fsp3) is 0.875. The molecule has 1 atom stereocenters. The van der Waals surface area contributed by atoms with E-state index < -0.39 is 17.9 Å². The van der Waals surface area contributed by atoms with Gasteiger partial charge in [0, 0.05) is 25.3 Å². The Bertz CT molecular complexity index is 380. The van der Waals surface area contributed by atoms with Gasteiger partial charge in [-0.2, -0.15) is 0 Å². The maximum Gasteiger partial charge on any atom is 0.323 e. The van der Waals surface area contributed by atoms with Gasteiger partial charge in [-0.05, 0) is 39.5 Å². The maximum absolute atomic E-state index is 13.2. The van der Waals surface area contributed by atoms with Crippen molar-refractivity contribution in [3.63, 3.8) is 0 Å². The Morgan fingerprint density at radius 1 is 1.17 bits per heavy atom. The number of carbonyl (C=O) groups is 2. The SMILES string of the molecule is CCOC(=O)CCC[C@H](NC1CCC(F)(F)CC1)C(=O)OCC. The monoisotopic (exact) mass is 335 g/mol. The molecule has 0 aromatic rings. The van der Waals surface area contributed by atoms with Crippen LogP contribution in [0.5, 0.6) is 0 Å². The van der Waals surface area contributed by atoms with Crippen LogP contribution in [0.3, 0.4) is 0 Å². The number of hydrogen-bond donors (Lipinski definition) is 1. The number of ether oxygens (including phenoxy) is 2. The van der Waals surface area contributed by atoms with Crippen molar-refractivity contribution >= 4 is 11.9 Å². The van der Waals surface area contributed by atoms with Crippen molar-refractivity contribution in [2.45, 2.75) is 76.8 Å². The third kappa shape index (κ3) is 7.72. The molecule has 134 valence electrons. The van der Waals surface area contributed by atoms with E-state index in [2.05, 4.69) is 5.32 Å². The van der Waals surface area contributed by atoms with Gasteiger partial charge in [-0.3, -0.25) is 9.59 Å². The predicted molar refractivity (Wildman–Crippen MR) is 81.2 cm³/mol. The zero-order chi connectivity index (χ0) is 17.3. The molecule has 7 heteroatoms. The molecule has 0 aliphatic heterocycles. The first kappa shape index (κ1) is 19.8. The van der Waals surface area contributed by atoms with Crippen molar-refractivity contribution in [2.24, 2.45) is 0 Å². The first-order valence-electron chi connectivity index (χ1n) is 8.34. The lowest BCUT2D eigenvalue weighted by Gasteiger charge is -2.31. The van der Waals surface area contributed by atoms with E-state index in [9.17, 15) is 18.4 Å². The highest BCUT2D eigenvalue weighted by Crippen LogP contribution is 2.33. The van der Waals surface area contributed by atoms with E-state index >= 15 is 0 Å². The van der Waals surface area contributed by atoms with Gasteiger partial charge in [0.2, 0.25) is 5.92 Å². The molecule has 1 aliphatic carbocycles. The zero-order valence-electron chi connectivity index (χ0n) is 13.9. The Morgan fingerprint density at radius 2 is 1.78 bits per heavy atom. The fourth-order valence-electron chi connectivity index (χ4n) is 2.69. The lowest BCUT2D eigenvalue weighted by molar-refractivity contribution is -0.147. The second kappa shape index (κ2) is 9.80. The number of nitrogens with one attached hydrogen (secondary N) is 1. The first-order valence-corrected chi connectivity index (χ1v) is 8.34. The van der Waals surface area contributed by atoms with E-state index in [1.807, 2.05) is 0 Å². The van der Waals surface area contributed by atoms with E-state index in [-0.39, 0.29) is 37.9 Å². The Hall–Kier alpha value is -1.24. The van der Waals surface area contributed by atoms with Gasteiger partial charge in [0.15, 0.2) is 0 Å². The molecule has 1 rings (SSSR count). The summed E-state index contributed by atoms with van der Waals surface area (Å²) in [6.07, 6.45) is 1.48. The van der Waals surface area contributed by atoms with Gasteiger partial charge in [-0.25, -0.2) is 8.78 Å². The number of halogens is 2. The molecule has 1 saturated carbocycles. The van der Waals surface area contributed by atoms with Gasteiger partial charge in [0.25, 0.3) is 0 Å². The number of hydrogen-bond acceptors (Lipinski definition) is 5. The predicted octanol–water partition coefficient (Wildman–Crippen LogP) is 2.82. The summed E-state index contributed by atoms with van der Waals surface area (Å²) in [4.78, 5) is 23.3. The molecule has 0 unspecified atom stereocenters. The van der Waals surface area contributed by atoms with E-state index in [0.29, 0.717) is 32.3 Å². The maximum atomic E-state index is 13.2. The van der Waals surface area contributed by atoms with Crippen LogP contribution in [0.2, 0.25) is 0 Å². The third-order valence-electron chi connectivity index (χ3n) is 3.90. The van der Waals surface area contributed by atoms with Gasteiger partial charge >= 0.3 is 11.9 Å². The van der Waals surface area contributed by atoms with Crippen LogP contribution in [0.4, 0.5) is 8.78 Å². The van der Waals surface area contributed by atoms with E-state index in [1.54, 1.807) is 13.8 Å². The van der Waals surface area contributed by atoms with E-state index in [0.717, 1.165) is 0 Å². The molecule has 0 aromatic heterocycles. The Balaban J connectivity index is 2.46. The molecule has 5 nitrogen and oxygen atoms in total. The van der Waals surface area contributed by atoms with Crippen LogP contribution in [0, 0.1) is 0 Å². The molecule has 0 amide bonds. The number of alkyl halides is 2. The molecule has 0 aromatic carbocycles. The highest BCUT2D eigenvalue weighted by molar-refractivity contribution is 5.76. The van der Waals surface area contributed by atoms with Crippen molar-refractivity contribution in [1.29, 1.82) is 0 Å². The van der Waals surface area contributed by atoms with Crippen LogP contribution in [-0.2, 0) is 19.1 Å². The molecule has 0 bridgehead atoms. The molecule has 0 spiro atoms. The molecule has 0 radical (unpaired) electrons. The highest BCUT2D eigenvalue weighted by Gasteiger charge is 2.36. The number of rotatable bonds is 9. The summed E-state index contributed by atoms with van der Waals surface area (Å²) >= 11 is 0. The van der Waals surface area contributed by atoms with Gasteiger partial charge in [-0.1, -0.05) is 0 Å². The second-order valence-electron chi connectivity index (χ2n) is 5.80. The Morgan fingerprint density at radius 3 is 2.35 bits per heavy atom. The summed E-state index contributed by atoms with van der Waals surface area (Å²) in [5, 5.41) is 3.12. The molecule has 1 N–H and O–H groups in total. The van der Waals surface area contributed by atoms with Crippen molar-refractivity contribution in [3.05, 3.63) is 0 Å². The van der Waals surface area contributed by atoms with Crippen LogP contribution in [-0.4, -0.2) is 43.2 Å². The minimum atomic E-state index is -2.60. The molecular weight excluding hydrogens is 308 g/mol. The largest absolute Gasteiger partial charge is 0.466 e. The van der Waals surface area contributed by atoms with Crippen molar-refractivity contribution < 1.29 is 27.8 Å². The topological polar surface area (TPSA) is 64.6 Å². The van der Waals surface area contributed by atoms with Gasteiger partial charge in [0.05, 0.1) is 13.2 Å². The van der Waals surface area contributed by atoms with Crippen LogP contribution in [0.15, 0.2) is 0 Å². The molecular formula is C16H27F2NO4. The van der Waals surface area contributed by atoms with Crippen LogP contribution in [0.1, 0.15) is 58.8 Å². The van der Waals surface area contributed by atoms with Gasteiger partial charge in [0.1, 0.15) is 6.04 Å². The van der Waals surface area contributed by atoms with Crippen LogP contribution >= 0.6 is 0 Å². The van der Waals surface area contributed by atoms with Crippen molar-refractivity contribution in [1.82, 2.24) is 5.32 Å². The molecule has 23 heavy (non-hydrogen) atoms. The van der Waals surface area contributed by atoms with Gasteiger partial charge in [-0.15, -0.1) is 0 Å². The average molecular weight is 335 g/mol. The van der Waals surface area contributed by atoms with Gasteiger partial charge < -0.3 is 14.8 Å². The van der Waals surface area contributed by atoms with E-state index in [4.69, 9.17) is 9.47 Å². The number of carbonyl (C=O) groups excluding carboxylic acids is 2. The zero-order valence-corrected chi connectivity index (χ0v) is 13.9. The third-order valence-corrected chi connectivity index (χ3v) is 3.90. The lowest BCUT2D eigenvalue weighted by atomic mass is 9.91.